The average Bonchev–Trinajstić information content (AvgIpc) is 2.94. The highest BCUT2D eigenvalue weighted by molar-refractivity contribution is 5.95. The van der Waals surface area contributed by atoms with Gasteiger partial charge in [-0.15, -0.1) is 0 Å². The van der Waals surface area contributed by atoms with Gasteiger partial charge in [0.25, 0.3) is 0 Å². The Balaban J connectivity index is 2.00. The van der Waals surface area contributed by atoms with E-state index in [-0.39, 0.29) is 5.78 Å². The number of hydrogen-bond acceptors (Lipinski definition) is 3. The van der Waals surface area contributed by atoms with Crippen LogP contribution in [0.4, 0.5) is 0 Å². The second-order valence-electron chi connectivity index (χ2n) is 5.45. The Bertz CT molecular complexity index is 974. The molecule has 0 saturated carbocycles. The highest BCUT2D eigenvalue weighted by Gasteiger charge is 2.07. The summed E-state index contributed by atoms with van der Waals surface area (Å²) in [5, 5.41) is 17.4. The number of fused-ring (bicyclic) bond motifs is 1. The molecule has 3 rings (SSSR count). The van der Waals surface area contributed by atoms with Gasteiger partial charge in [-0.1, -0.05) is 24.3 Å². The molecule has 1 N–H and O–H groups in total. The van der Waals surface area contributed by atoms with Crippen LogP contribution in [0.25, 0.3) is 23.1 Å². The van der Waals surface area contributed by atoms with Crippen LogP contribution in [0.3, 0.4) is 0 Å². The molecule has 4 nitrogen and oxygen atoms in total. The van der Waals surface area contributed by atoms with E-state index < -0.39 is 0 Å². The number of nitrogens with zero attached hydrogens (tertiary/aromatic N) is 2. The fourth-order valence-corrected chi connectivity index (χ4v) is 2.48. The first-order valence-corrected chi connectivity index (χ1v) is 7.26. The molecule has 0 amide bonds. The van der Waals surface area contributed by atoms with E-state index in [1.807, 2.05) is 49.4 Å². The van der Waals surface area contributed by atoms with Gasteiger partial charge in [0.15, 0.2) is 5.78 Å². The minimum Gasteiger partial charge on any atom is -0.295 e. The van der Waals surface area contributed by atoms with E-state index in [0.29, 0.717) is 11.1 Å². The molecule has 0 aliphatic heterocycles. The summed E-state index contributed by atoms with van der Waals surface area (Å²) >= 11 is 0. The normalized spacial score (nSPS) is 11.0. The highest BCUT2D eigenvalue weighted by Crippen LogP contribution is 2.22. The molecule has 3 aromatic rings. The van der Waals surface area contributed by atoms with Gasteiger partial charge in [0.2, 0.25) is 0 Å². The molecule has 0 radical (unpaired) electrons. The SMILES string of the molecule is CC(=O)c1cccc(/C=C/c2n[nH]c3cc(C)c(C#N)cc23)c1. The van der Waals surface area contributed by atoms with Crippen LogP contribution < -0.4 is 0 Å². The van der Waals surface area contributed by atoms with E-state index in [0.717, 1.165) is 27.7 Å². The first-order valence-electron chi connectivity index (χ1n) is 7.26. The van der Waals surface area contributed by atoms with Crippen LogP contribution in [0.1, 0.15) is 39.7 Å². The second-order valence-corrected chi connectivity index (χ2v) is 5.45. The first kappa shape index (κ1) is 14.7. The van der Waals surface area contributed by atoms with Crippen molar-refractivity contribution < 1.29 is 4.79 Å². The van der Waals surface area contributed by atoms with Crippen LogP contribution in [0.15, 0.2) is 36.4 Å². The van der Waals surface area contributed by atoms with E-state index in [9.17, 15) is 4.79 Å². The Labute approximate surface area is 134 Å². The maximum absolute atomic E-state index is 11.4. The lowest BCUT2D eigenvalue weighted by Crippen LogP contribution is -1.91. The fourth-order valence-electron chi connectivity index (χ4n) is 2.48. The zero-order valence-corrected chi connectivity index (χ0v) is 12.9. The summed E-state index contributed by atoms with van der Waals surface area (Å²) in [6.45, 7) is 3.46. The number of rotatable bonds is 3. The van der Waals surface area contributed by atoms with Crippen molar-refractivity contribution in [2.24, 2.45) is 0 Å². The summed E-state index contributed by atoms with van der Waals surface area (Å²) in [6, 6.07) is 13.4. The lowest BCUT2D eigenvalue weighted by Gasteiger charge is -1.98. The molecule has 2 aromatic carbocycles. The van der Waals surface area contributed by atoms with Gasteiger partial charge in [-0.2, -0.15) is 10.4 Å². The van der Waals surface area contributed by atoms with Gasteiger partial charge in [0, 0.05) is 10.9 Å². The van der Waals surface area contributed by atoms with Gasteiger partial charge in [0.1, 0.15) is 0 Å². The third kappa shape index (κ3) is 2.90. The summed E-state index contributed by atoms with van der Waals surface area (Å²) in [4.78, 5) is 11.4. The van der Waals surface area contributed by atoms with Gasteiger partial charge in [-0.25, -0.2) is 0 Å². The smallest absolute Gasteiger partial charge is 0.159 e. The highest BCUT2D eigenvalue weighted by atomic mass is 16.1. The van der Waals surface area contributed by atoms with E-state index in [2.05, 4.69) is 16.3 Å². The van der Waals surface area contributed by atoms with Crippen molar-refractivity contribution in [1.82, 2.24) is 10.2 Å². The summed E-state index contributed by atoms with van der Waals surface area (Å²) in [5.74, 6) is 0.0413. The number of hydrogen-bond donors (Lipinski definition) is 1. The average molecular weight is 301 g/mol. The zero-order chi connectivity index (χ0) is 16.4. The van der Waals surface area contributed by atoms with Crippen molar-refractivity contribution in [2.75, 3.05) is 0 Å². The van der Waals surface area contributed by atoms with Gasteiger partial charge >= 0.3 is 0 Å². The van der Waals surface area contributed by atoms with Gasteiger partial charge in [-0.05, 0) is 49.2 Å². The topological polar surface area (TPSA) is 69.5 Å². The van der Waals surface area contributed by atoms with Crippen molar-refractivity contribution in [3.8, 4) is 6.07 Å². The predicted molar refractivity (Wildman–Crippen MR) is 90.9 cm³/mol. The van der Waals surface area contributed by atoms with E-state index in [4.69, 9.17) is 5.26 Å². The third-order valence-electron chi connectivity index (χ3n) is 3.78. The first-order chi connectivity index (χ1) is 11.1. The number of Topliss-reactive ketones (excluding diaryl/α,β-unsaturated/α-hetero) is 1. The molecule has 0 atom stereocenters. The number of nitriles is 1. The molecule has 112 valence electrons. The maximum Gasteiger partial charge on any atom is 0.159 e. The summed E-state index contributed by atoms with van der Waals surface area (Å²) in [5.41, 5.74) is 4.85. The minimum atomic E-state index is 0.0413. The molecule has 0 bridgehead atoms. The van der Waals surface area contributed by atoms with Gasteiger partial charge < -0.3 is 0 Å². The summed E-state index contributed by atoms with van der Waals surface area (Å²) in [6.07, 6.45) is 3.79. The van der Waals surface area contributed by atoms with Crippen LogP contribution >= 0.6 is 0 Å². The number of ketones is 1. The molecule has 0 unspecified atom stereocenters. The minimum absolute atomic E-state index is 0.0413. The number of H-pyrrole nitrogens is 1. The van der Waals surface area contributed by atoms with Crippen molar-refractivity contribution in [1.29, 1.82) is 5.26 Å². The summed E-state index contributed by atoms with van der Waals surface area (Å²) < 4.78 is 0. The van der Waals surface area contributed by atoms with Crippen molar-refractivity contribution in [2.45, 2.75) is 13.8 Å². The molecule has 1 aromatic heterocycles. The molecule has 1 heterocycles. The molecular formula is C19H15N3O. The standard InChI is InChI=1S/C19H15N3O/c1-12-8-19-17(10-16(12)11-20)18(21-22-19)7-6-14-4-3-5-15(9-14)13(2)23/h3-10H,1-2H3,(H,21,22)/b7-6+. The van der Waals surface area contributed by atoms with Crippen LogP contribution in [0.5, 0.6) is 0 Å². The van der Waals surface area contributed by atoms with E-state index >= 15 is 0 Å². The molecule has 23 heavy (non-hydrogen) atoms. The molecule has 0 fully saturated rings. The maximum atomic E-state index is 11.4. The molecule has 0 aliphatic rings. The Morgan fingerprint density at radius 3 is 2.83 bits per heavy atom. The lowest BCUT2D eigenvalue weighted by molar-refractivity contribution is 0.101. The van der Waals surface area contributed by atoms with Crippen LogP contribution in [-0.2, 0) is 0 Å². The second kappa shape index (κ2) is 5.90. The largest absolute Gasteiger partial charge is 0.295 e. The van der Waals surface area contributed by atoms with Crippen LogP contribution in [-0.4, -0.2) is 16.0 Å². The number of carbonyl (C=O) groups excluding carboxylic acids is 1. The molecule has 0 aliphatic carbocycles. The molecular weight excluding hydrogens is 286 g/mol. The summed E-state index contributed by atoms with van der Waals surface area (Å²) in [7, 11) is 0. The Kier molecular flexibility index (Phi) is 3.78. The lowest BCUT2D eigenvalue weighted by atomic mass is 10.0. The Morgan fingerprint density at radius 1 is 1.26 bits per heavy atom. The zero-order valence-electron chi connectivity index (χ0n) is 12.9. The number of aryl methyl sites for hydroxylation is 1. The number of aromatic amines is 1. The van der Waals surface area contributed by atoms with Crippen molar-refractivity contribution in [3.63, 3.8) is 0 Å². The van der Waals surface area contributed by atoms with E-state index in [1.54, 1.807) is 13.0 Å². The quantitative estimate of drug-likeness (QED) is 0.740. The van der Waals surface area contributed by atoms with Crippen LogP contribution in [0, 0.1) is 18.3 Å². The molecule has 0 spiro atoms. The van der Waals surface area contributed by atoms with Crippen molar-refractivity contribution >= 4 is 28.8 Å². The number of aromatic nitrogens is 2. The third-order valence-corrected chi connectivity index (χ3v) is 3.78. The monoisotopic (exact) mass is 301 g/mol. The Hall–Kier alpha value is -3.19. The van der Waals surface area contributed by atoms with E-state index in [1.165, 1.54) is 0 Å². The van der Waals surface area contributed by atoms with Gasteiger partial charge in [-0.3, -0.25) is 9.89 Å². The van der Waals surface area contributed by atoms with Crippen LogP contribution in [0.2, 0.25) is 0 Å². The molecule has 4 heteroatoms. The predicted octanol–water partition coefficient (Wildman–Crippen LogP) is 4.12. The van der Waals surface area contributed by atoms with Gasteiger partial charge in [0.05, 0.1) is 22.8 Å². The number of nitrogens with one attached hydrogen (secondary N) is 1. The Morgan fingerprint density at radius 2 is 2.09 bits per heavy atom. The number of carbonyl (C=O) groups is 1. The number of benzene rings is 2. The van der Waals surface area contributed by atoms with Crippen molar-refractivity contribution in [3.05, 3.63) is 64.3 Å². The molecule has 0 saturated heterocycles. The fraction of sp³-hybridized carbons (Fsp3) is 0.105.